The first-order chi connectivity index (χ1) is 15.1. The number of esters is 1. The van der Waals surface area contributed by atoms with E-state index in [4.69, 9.17) is 4.74 Å². The molecule has 0 bridgehead atoms. The van der Waals surface area contributed by atoms with Gasteiger partial charge in [0.25, 0.3) is 5.91 Å². The van der Waals surface area contributed by atoms with Crippen LogP contribution in [0.25, 0.3) is 0 Å². The standard InChI is InChI=1S/C23H25N3O5S/c1-12-7-13(2)21(14(3)8-12)26-19(27)10-24-20(28)11-31-23(30)16-5-6-18-17(9-16)25-22(29)15(4)32-18/h5-9,15H,10-11H2,1-4H3,(H,24,28)(H,25,29)(H,26,27). The minimum absolute atomic E-state index is 0.137. The van der Waals surface area contributed by atoms with Gasteiger partial charge in [-0.25, -0.2) is 4.79 Å². The van der Waals surface area contributed by atoms with Gasteiger partial charge in [-0.05, 0) is 57.0 Å². The quantitative estimate of drug-likeness (QED) is 0.577. The van der Waals surface area contributed by atoms with E-state index in [1.165, 1.54) is 17.8 Å². The van der Waals surface area contributed by atoms with Gasteiger partial charge in [0.2, 0.25) is 11.8 Å². The van der Waals surface area contributed by atoms with Crippen molar-refractivity contribution in [2.45, 2.75) is 37.8 Å². The van der Waals surface area contributed by atoms with Crippen molar-refractivity contribution in [3.63, 3.8) is 0 Å². The fourth-order valence-electron chi connectivity index (χ4n) is 3.34. The summed E-state index contributed by atoms with van der Waals surface area (Å²) in [5.41, 5.74) is 4.44. The van der Waals surface area contributed by atoms with E-state index < -0.39 is 18.5 Å². The summed E-state index contributed by atoms with van der Waals surface area (Å²) >= 11 is 1.40. The first-order valence-corrected chi connectivity index (χ1v) is 10.9. The van der Waals surface area contributed by atoms with Crippen molar-refractivity contribution in [2.75, 3.05) is 23.8 Å². The Bertz CT molecular complexity index is 1080. The number of carbonyl (C=O) groups is 4. The van der Waals surface area contributed by atoms with Gasteiger partial charge in [0.15, 0.2) is 6.61 Å². The lowest BCUT2D eigenvalue weighted by atomic mass is 10.1. The number of ether oxygens (including phenoxy) is 1. The van der Waals surface area contributed by atoms with Crippen molar-refractivity contribution >= 4 is 46.8 Å². The number of hydrogen-bond acceptors (Lipinski definition) is 6. The van der Waals surface area contributed by atoms with Gasteiger partial charge >= 0.3 is 5.97 Å². The monoisotopic (exact) mass is 455 g/mol. The molecular weight excluding hydrogens is 430 g/mol. The van der Waals surface area contributed by atoms with Gasteiger partial charge in [0.1, 0.15) is 0 Å². The summed E-state index contributed by atoms with van der Waals surface area (Å²) in [6.45, 7) is 6.81. The number of amides is 3. The smallest absolute Gasteiger partial charge is 0.338 e. The average molecular weight is 456 g/mol. The molecular formula is C23H25N3O5S. The molecule has 32 heavy (non-hydrogen) atoms. The van der Waals surface area contributed by atoms with Crippen LogP contribution in [0.4, 0.5) is 11.4 Å². The van der Waals surface area contributed by atoms with Crippen molar-refractivity contribution in [1.29, 1.82) is 0 Å². The number of aryl methyl sites for hydroxylation is 3. The van der Waals surface area contributed by atoms with E-state index >= 15 is 0 Å². The Morgan fingerprint density at radius 1 is 1.06 bits per heavy atom. The van der Waals surface area contributed by atoms with E-state index in [-0.39, 0.29) is 29.2 Å². The first kappa shape index (κ1) is 23.3. The second-order valence-electron chi connectivity index (χ2n) is 7.64. The number of benzene rings is 2. The maximum Gasteiger partial charge on any atom is 0.338 e. The number of fused-ring (bicyclic) bond motifs is 1. The fourth-order valence-corrected chi connectivity index (χ4v) is 4.27. The first-order valence-electron chi connectivity index (χ1n) is 10.1. The van der Waals surface area contributed by atoms with E-state index in [9.17, 15) is 19.2 Å². The minimum Gasteiger partial charge on any atom is -0.452 e. The molecule has 1 aliphatic rings. The summed E-state index contributed by atoms with van der Waals surface area (Å²) in [5, 5.41) is 7.76. The Morgan fingerprint density at radius 3 is 2.44 bits per heavy atom. The molecule has 0 aromatic heterocycles. The lowest BCUT2D eigenvalue weighted by Gasteiger charge is -2.21. The van der Waals surface area contributed by atoms with Crippen LogP contribution in [0.2, 0.25) is 0 Å². The Hall–Kier alpha value is -3.33. The second-order valence-corrected chi connectivity index (χ2v) is 9.02. The number of rotatable bonds is 6. The molecule has 2 aromatic carbocycles. The Labute approximate surface area is 190 Å². The van der Waals surface area contributed by atoms with Crippen molar-refractivity contribution in [2.24, 2.45) is 0 Å². The fraction of sp³-hybridized carbons (Fsp3) is 0.304. The maximum absolute atomic E-state index is 12.3. The van der Waals surface area contributed by atoms with Crippen LogP contribution < -0.4 is 16.0 Å². The molecule has 1 aliphatic heterocycles. The second kappa shape index (κ2) is 9.86. The third-order valence-corrected chi connectivity index (χ3v) is 6.05. The molecule has 0 saturated carbocycles. The summed E-state index contributed by atoms with van der Waals surface area (Å²) < 4.78 is 5.03. The predicted octanol–water partition coefficient (Wildman–Crippen LogP) is 2.96. The molecule has 0 radical (unpaired) electrons. The molecule has 3 amide bonds. The van der Waals surface area contributed by atoms with Gasteiger partial charge in [0.05, 0.1) is 23.0 Å². The van der Waals surface area contributed by atoms with E-state index in [1.54, 1.807) is 19.1 Å². The van der Waals surface area contributed by atoms with Gasteiger partial charge in [-0.2, -0.15) is 0 Å². The number of anilines is 2. The summed E-state index contributed by atoms with van der Waals surface area (Å²) in [6, 6.07) is 8.76. The van der Waals surface area contributed by atoms with E-state index in [0.29, 0.717) is 11.4 Å². The highest BCUT2D eigenvalue weighted by molar-refractivity contribution is 8.00. The van der Waals surface area contributed by atoms with Crippen molar-refractivity contribution in [3.8, 4) is 0 Å². The molecule has 3 rings (SSSR count). The number of carbonyl (C=O) groups excluding carboxylic acids is 4. The van der Waals surface area contributed by atoms with Crippen LogP contribution in [0.15, 0.2) is 35.2 Å². The van der Waals surface area contributed by atoms with Crippen LogP contribution in [0, 0.1) is 20.8 Å². The van der Waals surface area contributed by atoms with E-state index in [2.05, 4.69) is 16.0 Å². The van der Waals surface area contributed by atoms with Crippen LogP contribution in [0.1, 0.15) is 34.0 Å². The average Bonchev–Trinajstić information content (AvgIpc) is 2.73. The molecule has 8 nitrogen and oxygen atoms in total. The lowest BCUT2D eigenvalue weighted by Crippen LogP contribution is -2.35. The largest absolute Gasteiger partial charge is 0.452 e. The zero-order valence-electron chi connectivity index (χ0n) is 18.3. The van der Waals surface area contributed by atoms with E-state index in [1.807, 2.05) is 32.9 Å². The van der Waals surface area contributed by atoms with Crippen LogP contribution in [0.5, 0.6) is 0 Å². The zero-order valence-corrected chi connectivity index (χ0v) is 19.1. The van der Waals surface area contributed by atoms with Crippen molar-refractivity contribution in [1.82, 2.24) is 5.32 Å². The van der Waals surface area contributed by atoms with Crippen LogP contribution in [0.3, 0.4) is 0 Å². The van der Waals surface area contributed by atoms with Crippen molar-refractivity contribution < 1.29 is 23.9 Å². The number of thioether (sulfide) groups is 1. The molecule has 168 valence electrons. The molecule has 1 atom stereocenters. The summed E-state index contributed by atoms with van der Waals surface area (Å²) in [6.07, 6.45) is 0. The molecule has 2 aromatic rings. The molecule has 1 heterocycles. The third-order valence-electron chi connectivity index (χ3n) is 4.87. The van der Waals surface area contributed by atoms with Crippen LogP contribution in [-0.4, -0.2) is 42.1 Å². The Balaban J connectivity index is 1.48. The molecule has 1 unspecified atom stereocenters. The minimum atomic E-state index is -0.698. The van der Waals surface area contributed by atoms with Crippen LogP contribution >= 0.6 is 11.8 Å². The van der Waals surface area contributed by atoms with Gasteiger partial charge in [-0.3, -0.25) is 14.4 Å². The van der Waals surface area contributed by atoms with Crippen molar-refractivity contribution in [3.05, 3.63) is 52.6 Å². The van der Waals surface area contributed by atoms with Gasteiger partial charge in [-0.1, -0.05) is 17.7 Å². The maximum atomic E-state index is 12.3. The summed E-state index contributed by atoms with van der Waals surface area (Å²) in [4.78, 5) is 49.1. The molecule has 0 saturated heterocycles. The highest BCUT2D eigenvalue weighted by Crippen LogP contribution is 2.36. The molecule has 0 spiro atoms. The zero-order chi connectivity index (χ0) is 23.4. The summed E-state index contributed by atoms with van der Waals surface area (Å²) in [5.74, 6) is -1.81. The molecule has 0 aliphatic carbocycles. The summed E-state index contributed by atoms with van der Waals surface area (Å²) in [7, 11) is 0. The SMILES string of the molecule is Cc1cc(C)c(NC(=O)CNC(=O)COC(=O)c2ccc3c(c2)NC(=O)C(C)S3)c(C)c1. The number of hydrogen-bond donors (Lipinski definition) is 3. The predicted molar refractivity (Wildman–Crippen MR) is 123 cm³/mol. The molecule has 3 N–H and O–H groups in total. The topological polar surface area (TPSA) is 114 Å². The normalized spacial score (nSPS) is 14.8. The molecule has 9 heteroatoms. The lowest BCUT2D eigenvalue weighted by molar-refractivity contribution is -0.126. The highest BCUT2D eigenvalue weighted by Gasteiger charge is 2.24. The van der Waals surface area contributed by atoms with E-state index in [0.717, 1.165) is 21.6 Å². The third kappa shape index (κ3) is 5.67. The van der Waals surface area contributed by atoms with Gasteiger partial charge in [0, 0.05) is 10.6 Å². The Kier molecular flexibility index (Phi) is 7.19. The van der Waals surface area contributed by atoms with Gasteiger partial charge in [-0.15, -0.1) is 11.8 Å². The Morgan fingerprint density at radius 2 is 1.75 bits per heavy atom. The number of nitrogens with one attached hydrogen (secondary N) is 3. The van der Waals surface area contributed by atoms with Gasteiger partial charge < -0.3 is 20.7 Å². The van der Waals surface area contributed by atoms with Crippen LogP contribution in [-0.2, 0) is 19.1 Å². The highest BCUT2D eigenvalue weighted by atomic mass is 32.2. The molecule has 0 fully saturated rings.